The Kier molecular flexibility index (Phi) is 2.12. The van der Waals surface area contributed by atoms with Crippen molar-refractivity contribution in [3.63, 3.8) is 0 Å². The first-order valence-electron chi connectivity index (χ1n) is 6.55. The van der Waals surface area contributed by atoms with Crippen LogP contribution in [0.3, 0.4) is 0 Å². The van der Waals surface area contributed by atoms with E-state index in [1.165, 1.54) is 16.7 Å². The third-order valence-electron chi connectivity index (χ3n) is 3.75. The number of imidazole rings is 1. The van der Waals surface area contributed by atoms with Crippen molar-refractivity contribution in [3.8, 4) is 0 Å². The van der Waals surface area contributed by atoms with Crippen LogP contribution in [0.5, 0.6) is 0 Å². The molecular weight excluding hydrogens is 232 g/mol. The van der Waals surface area contributed by atoms with Gasteiger partial charge in [-0.05, 0) is 35.7 Å². The fraction of sp³-hybridized carbons (Fsp3) is 0.118. The molecule has 0 spiro atoms. The molecule has 1 N–H and O–H groups in total. The van der Waals surface area contributed by atoms with Crippen molar-refractivity contribution in [2.24, 2.45) is 0 Å². The molecule has 1 unspecified atom stereocenters. The van der Waals surface area contributed by atoms with Crippen molar-refractivity contribution in [1.29, 1.82) is 0 Å². The predicted octanol–water partition coefficient (Wildman–Crippen LogP) is 4.03. The number of benzene rings is 2. The van der Waals surface area contributed by atoms with Gasteiger partial charge in [-0.25, -0.2) is 4.98 Å². The van der Waals surface area contributed by atoms with Crippen molar-refractivity contribution < 1.29 is 0 Å². The zero-order valence-corrected chi connectivity index (χ0v) is 10.7. The molecule has 2 heteroatoms. The summed E-state index contributed by atoms with van der Waals surface area (Å²) in [7, 11) is 0. The smallest absolute Gasteiger partial charge is 0.118 e. The Bertz CT molecular complexity index is 796. The number of aromatic nitrogens is 2. The third-order valence-corrected chi connectivity index (χ3v) is 3.75. The number of nitrogens with one attached hydrogen (secondary N) is 1. The summed E-state index contributed by atoms with van der Waals surface area (Å²) < 4.78 is 0. The van der Waals surface area contributed by atoms with Gasteiger partial charge in [0.25, 0.3) is 0 Å². The SMILES string of the molecule is Cc1ccc2nc(C3C=Cc4ccccc43)[nH]c2c1. The van der Waals surface area contributed by atoms with E-state index in [-0.39, 0.29) is 5.92 Å². The summed E-state index contributed by atoms with van der Waals surface area (Å²) >= 11 is 0. The number of nitrogens with zero attached hydrogens (tertiary/aromatic N) is 1. The van der Waals surface area contributed by atoms with Crippen molar-refractivity contribution >= 4 is 17.1 Å². The number of aromatic amines is 1. The maximum atomic E-state index is 4.73. The fourth-order valence-corrected chi connectivity index (χ4v) is 2.78. The second-order valence-corrected chi connectivity index (χ2v) is 5.11. The second-order valence-electron chi connectivity index (χ2n) is 5.11. The summed E-state index contributed by atoms with van der Waals surface area (Å²) in [4.78, 5) is 8.18. The molecule has 0 aliphatic heterocycles. The van der Waals surface area contributed by atoms with E-state index in [1.807, 2.05) is 0 Å². The predicted molar refractivity (Wildman–Crippen MR) is 78.1 cm³/mol. The largest absolute Gasteiger partial charge is 0.341 e. The molecule has 1 aliphatic rings. The molecule has 2 nitrogen and oxygen atoms in total. The van der Waals surface area contributed by atoms with E-state index in [4.69, 9.17) is 4.98 Å². The normalized spacial score (nSPS) is 17.0. The van der Waals surface area contributed by atoms with Crippen LogP contribution in [-0.2, 0) is 0 Å². The van der Waals surface area contributed by atoms with E-state index in [0.717, 1.165) is 16.9 Å². The van der Waals surface area contributed by atoms with Gasteiger partial charge in [0.1, 0.15) is 5.82 Å². The summed E-state index contributed by atoms with van der Waals surface area (Å²) in [5, 5.41) is 0. The lowest BCUT2D eigenvalue weighted by atomic mass is 10.0. The summed E-state index contributed by atoms with van der Waals surface area (Å²) in [5.74, 6) is 1.28. The Hall–Kier alpha value is -2.35. The molecule has 4 rings (SSSR count). The van der Waals surface area contributed by atoms with Crippen molar-refractivity contribution in [3.05, 3.63) is 71.1 Å². The number of H-pyrrole nitrogens is 1. The third kappa shape index (κ3) is 1.60. The average molecular weight is 246 g/mol. The van der Waals surface area contributed by atoms with Crippen LogP contribution in [0.15, 0.2) is 48.5 Å². The quantitative estimate of drug-likeness (QED) is 0.690. The first-order chi connectivity index (χ1) is 9.31. The van der Waals surface area contributed by atoms with Crippen molar-refractivity contribution in [2.75, 3.05) is 0 Å². The standard InChI is InChI=1S/C17H14N2/c1-11-6-9-15-16(10-11)19-17(18-15)14-8-7-12-4-2-3-5-13(12)14/h2-10,14H,1H3,(H,18,19). The van der Waals surface area contributed by atoms with Crippen molar-refractivity contribution in [1.82, 2.24) is 9.97 Å². The fourth-order valence-electron chi connectivity index (χ4n) is 2.78. The Morgan fingerprint density at radius 3 is 2.95 bits per heavy atom. The van der Waals surface area contributed by atoms with E-state index < -0.39 is 0 Å². The number of hydrogen-bond acceptors (Lipinski definition) is 1. The first kappa shape index (κ1) is 10.6. The van der Waals surface area contributed by atoms with Crippen LogP contribution < -0.4 is 0 Å². The lowest BCUT2D eigenvalue weighted by molar-refractivity contribution is 0.939. The van der Waals surface area contributed by atoms with Gasteiger partial charge in [-0.2, -0.15) is 0 Å². The number of rotatable bonds is 1. The molecule has 2 aromatic carbocycles. The van der Waals surface area contributed by atoms with Gasteiger partial charge in [0.15, 0.2) is 0 Å². The monoisotopic (exact) mass is 246 g/mol. The lowest BCUT2D eigenvalue weighted by Crippen LogP contribution is -1.97. The van der Waals surface area contributed by atoms with Crippen LogP contribution in [0.2, 0.25) is 0 Å². The Morgan fingerprint density at radius 1 is 1.11 bits per heavy atom. The average Bonchev–Trinajstić information content (AvgIpc) is 3.00. The van der Waals surface area contributed by atoms with Crippen LogP contribution in [0, 0.1) is 6.92 Å². The zero-order valence-electron chi connectivity index (χ0n) is 10.7. The van der Waals surface area contributed by atoms with E-state index in [1.54, 1.807) is 0 Å². The summed E-state index contributed by atoms with van der Waals surface area (Å²) in [6.45, 7) is 2.10. The molecule has 1 heterocycles. The van der Waals surface area contributed by atoms with Gasteiger partial charge < -0.3 is 4.98 Å². The second kappa shape index (κ2) is 3.82. The van der Waals surface area contributed by atoms with E-state index in [2.05, 4.69) is 66.5 Å². The Balaban J connectivity index is 1.86. The number of fused-ring (bicyclic) bond motifs is 2. The minimum Gasteiger partial charge on any atom is -0.341 e. The van der Waals surface area contributed by atoms with Crippen molar-refractivity contribution in [2.45, 2.75) is 12.8 Å². The molecule has 3 aromatic rings. The molecule has 0 fully saturated rings. The van der Waals surface area contributed by atoms with E-state index in [9.17, 15) is 0 Å². The minimum atomic E-state index is 0.254. The number of hydrogen-bond donors (Lipinski definition) is 1. The molecule has 0 radical (unpaired) electrons. The summed E-state index contributed by atoms with van der Waals surface area (Å²) in [6.07, 6.45) is 4.40. The van der Waals surface area contributed by atoms with Crippen LogP contribution in [0.25, 0.3) is 17.1 Å². The molecule has 19 heavy (non-hydrogen) atoms. The van der Waals surface area contributed by atoms with Gasteiger partial charge in [-0.1, -0.05) is 42.5 Å². The maximum Gasteiger partial charge on any atom is 0.118 e. The Morgan fingerprint density at radius 2 is 2.00 bits per heavy atom. The number of allylic oxidation sites excluding steroid dienone is 1. The minimum absolute atomic E-state index is 0.254. The van der Waals surface area contributed by atoms with Crippen LogP contribution in [-0.4, -0.2) is 9.97 Å². The highest BCUT2D eigenvalue weighted by Crippen LogP contribution is 2.34. The summed E-state index contributed by atoms with van der Waals surface area (Å²) in [5.41, 5.74) is 6.04. The molecule has 0 saturated carbocycles. The van der Waals surface area contributed by atoms with Crippen LogP contribution in [0.1, 0.15) is 28.4 Å². The highest BCUT2D eigenvalue weighted by molar-refractivity contribution is 5.76. The highest BCUT2D eigenvalue weighted by Gasteiger charge is 2.21. The van der Waals surface area contributed by atoms with Gasteiger partial charge >= 0.3 is 0 Å². The zero-order chi connectivity index (χ0) is 12.8. The van der Waals surface area contributed by atoms with Crippen LogP contribution >= 0.6 is 0 Å². The molecule has 0 amide bonds. The van der Waals surface area contributed by atoms with Gasteiger partial charge in [0, 0.05) is 0 Å². The molecular formula is C17H14N2. The van der Waals surface area contributed by atoms with E-state index >= 15 is 0 Å². The molecule has 1 atom stereocenters. The topological polar surface area (TPSA) is 28.7 Å². The molecule has 0 saturated heterocycles. The summed E-state index contributed by atoms with van der Waals surface area (Å²) in [6, 6.07) is 14.8. The first-order valence-corrected chi connectivity index (χ1v) is 6.55. The maximum absolute atomic E-state index is 4.73. The molecule has 0 bridgehead atoms. The highest BCUT2D eigenvalue weighted by atomic mass is 14.9. The van der Waals surface area contributed by atoms with Crippen LogP contribution in [0.4, 0.5) is 0 Å². The molecule has 1 aromatic heterocycles. The molecule has 92 valence electrons. The Labute approximate surface area is 111 Å². The number of aryl methyl sites for hydroxylation is 1. The van der Waals surface area contributed by atoms with E-state index in [0.29, 0.717) is 0 Å². The van der Waals surface area contributed by atoms with Gasteiger partial charge in [0.2, 0.25) is 0 Å². The molecule has 1 aliphatic carbocycles. The van der Waals surface area contributed by atoms with Gasteiger partial charge in [-0.15, -0.1) is 0 Å². The lowest BCUT2D eigenvalue weighted by Gasteiger charge is -2.07. The van der Waals surface area contributed by atoms with Gasteiger partial charge in [0.05, 0.1) is 17.0 Å². The van der Waals surface area contributed by atoms with Gasteiger partial charge in [-0.3, -0.25) is 0 Å².